The van der Waals surface area contributed by atoms with E-state index >= 15 is 0 Å². The van der Waals surface area contributed by atoms with Gasteiger partial charge < -0.3 is 11.1 Å². The number of aromatic nitrogens is 1. The van der Waals surface area contributed by atoms with Crippen LogP contribution in [-0.4, -0.2) is 4.98 Å². The molecule has 0 unspecified atom stereocenters. The zero-order valence-corrected chi connectivity index (χ0v) is 10.7. The van der Waals surface area contributed by atoms with E-state index < -0.39 is 5.82 Å². The molecule has 17 heavy (non-hydrogen) atoms. The van der Waals surface area contributed by atoms with Gasteiger partial charge in [-0.05, 0) is 13.0 Å². The van der Waals surface area contributed by atoms with Crippen molar-refractivity contribution in [3.05, 3.63) is 39.1 Å². The quantitative estimate of drug-likeness (QED) is 0.841. The molecular weight excluding hydrogens is 261 g/mol. The van der Waals surface area contributed by atoms with Crippen LogP contribution in [0.5, 0.6) is 0 Å². The van der Waals surface area contributed by atoms with Crippen molar-refractivity contribution in [3.8, 4) is 0 Å². The highest BCUT2D eigenvalue weighted by atomic mass is 35.5. The zero-order valence-electron chi connectivity index (χ0n) is 9.13. The maximum atomic E-state index is 13.2. The first-order valence-corrected chi connectivity index (χ1v) is 6.21. The van der Waals surface area contributed by atoms with Gasteiger partial charge in [-0.2, -0.15) is 0 Å². The van der Waals surface area contributed by atoms with Crippen LogP contribution in [0.3, 0.4) is 0 Å². The number of thiazole rings is 1. The number of nitrogens with one attached hydrogen (secondary N) is 1. The van der Waals surface area contributed by atoms with Crippen LogP contribution in [0.2, 0.25) is 5.02 Å². The summed E-state index contributed by atoms with van der Waals surface area (Å²) in [7, 11) is 0. The molecule has 2 aromatic rings. The maximum Gasteiger partial charge on any atom is 0.143 e. The summed E-state index contributed by atoms with van der Waals surface area (Å²) >= 11 is 7.16. The summed E-state index contributed by atoms with van der Waals surface area (Å²) in [5.41, 5.74) is 7.65. The first-order chi connectivity index (χ1) is 8.06. The number of nitrogen functional groups attached to an aromatic ring is 1. The van der Waals surface area contributed by atoms with E-state index in [0.29, 0.717) is 17.9 Å². The fourth-order valence-corrected chi connectivity index (χ4v) is 2.25. The third-order valence-electron chi connectivity index (χ3n) is 2.19. The van der Waals surface area contributed by atoms with E-state index in [0.717, 1.165) is 10.7 Å². The van der Waals surface area contributed by atoms with Gasteiger partial charge in [0.25, 0.3) is 0 Å². The number of anilines is 2. The van der Waals surface area contributed by atoms with Crippen LogP contribution in [0.4, 0.5) is 15.8 Å². The van der Waals surface area contributed by atoms with Crippen LogP contribution >= 0.6 is 22.9 Å². The molecule has 0 aliphatic heterocycles. The Labute approximate surface area is 107 Å². The maximum absolute atomic E-state index is 13.2. The van der Waals surface area contributed by atoms with Crippen molar-refractivity contribution in [1.82, 2.24) is 4.98 Å². The Hall–Kier alpha value is -1.33. The molecule has 0 amide bonds. The number of aryl methyl sites for hydroxylation is 1. The average molecular weight is 272 g/mol. The Balaban J connectivity index is 2.11. The Morgan fingerprint density at radius 2 is 2.29 bits per heavy atom. The van der Waals surface area contributed by atoms with Gasteiger partial charge in [-0.15, -0.1) is 11.3 Å². The van der Waals surface area contributed by atoms with Gasteiger partial charge >= 0.3 is 0 Å². The van der Waals surface area contributed by atoms with E-state index in [-0.39, 0.29) is 5.02 Å². The van der Waals surface area contributed by atoms with Gasteiger partial charge in [0.05, 0.1) is 22.9 Å². The molecule has 6 heteroatoms. The predicted molar refractivity (Wildman–Crippen MR) is 70.0 cm³/mol. The van der Waals surface area contributed by atoms with Gasteiger partial charge in [-0.3, -0.25) is 0 Å². The van der Waals surface area contributed by atoms with E-state index in [1.165, 1.54) is 12.1 Å². The Morgan fingerprint density at radius 1 is 1.53 bits per heavy atom. The van der Waals surface area contributed by atoms with Gasteiger partial charge in [0.15, 0.2) is 0 Å². The molecule has 0 radical (unpaired) electrons. The molecule has 1 heterocycles. The zero-order chi connectivity index (χ0) is 12.4. The molecule has 0 saturated carbocycles. The number of nitrogens with two attached hydrogens (primary N) is 1. The summed E-state index contributed by atoms with van der Waals surface area (Å²) < 4.78 is 13.2. The summed E-state index contributed by atoms with van der Waals surface area (Å²) in [6.07, 6.45) is 0. The third kappa shape index (κ3) is 2.87. The third-order valence-corrected chi connectivity index (χ3v) is 3.45. The summed E-state index contributed by atoms with van der Waals surface area (Å²) in [4.78, 5) is 4.29. The fraction of sp³-hybridized carbons (Fsp3) is 0.182. The molecular formula is C11H11ClFN3S. The number of hydrogen-bond acceptors (Lipinski definition) is 4. The highest BCUT2D eigenvalue weighted by Crippen LogP contribution is 2.26. The van der Waals surface area contributed by atoms with E-state index in [2.05, 4.69) is 10.3 Å². The van der Waals surface area contributed by atoms with Crippen molar-refractivity contribution >= 4 is 34.3 Å². The predicted octanol–water partition coefficient (Wildman–Crippen LogP) is 3.44. The molecule has 0 aliphatic carbocycles. The molecule has 0 saturated heterocycles. The second-order valence-corrected chi connectivity index (χ2v) is 4.94. The van der Waals surface area contributed by atoms with Gasteiger partial charge in [0.2, 0.25) is 0 Å². The van der Waals surface area contributed by atoms with Gasteiger partial charge in [0.1, 0.15) is 10.8 Å². The molecule has 0 fully saturated rings. The van der Waals surface area contributed by atoms with Crippen molar-refractivity contribution < 1.29 is 4.39 Å². The first kappa shape index (κ1) is 12.1. The van der Waals surface area contributed by atoms with Crippen molar-refractivity contribution in [2.45, 2.75) is 13.5 Å². The standard InChI is InChI=1S/C11H11ClFN3S/c1-6-5-17-11(16-6)4-15-10-3-8(13)7(12)2-9(10)14/h2-3,5,15H,4,14H2,1H3. The topological polar surface area (TPSA) is 50.9 Å². The van der Waals surface area contributed by atoms with Crippen LogP contribution in [-0.2, 0) is 6.54 Å². The van der Waals surface area contributed by atoms with Gasteiger partial charge in [-0.1, -0.05) is 11.6 Å². The van der Waals surface area contributed by atoms with Crippen molar-refractivity contribution in [2.75, 3.05) is 11.1 Å². The van der Waals surface area contributed by atoms with Crippen LogP contribution in [0.25, 0.3) is 0 Å². The Morgan fingerprint density at radius 3 is 2.94 bits per heavy atom. The molecule has 0 aliphatic rings. The van der Waals surface area contributed by atoms with E-state index in [1.807, 2.05) is 12.3 Å². The summed E-state index contributed by atoms with van der Waals surface area (Å²) in [6.45, 7) is 2.44. The monoisotopic (exact) mass is 271 g/mol. The van der Waals surface area contributed by atoms with Crippen LogP contribution in [0, 0.1) is 12.7 Å². The lowest BCUT2D eigenvalue weighted by atomic mass is 10.2. The highest BCUT2D eigenvalue weighted by molar-refractivity contribution is 7.09. The fourth-order valence-electron chi connectivity index (χ4n) is 1.37. The summed E-state index contributed by atoms with van der Waals surface area (Å²) in [5.74, 6) is -0.487. The Bertz CT molecular complexity index is 542. The summed E-state index contributed by atoms with van der Waals surface area (Å²) in [6, 6.07) is 2.68. The van der Waals surface area contributed by atoms with Crippen LogP contribution < -0.4 is 11.1 Å². The average Bonchev–Trinajstić information content (AvgIpc) is 2.68. The molecule has 3 nitrogen and oxygen atoms in total. The molecule has 90 valence electrons. The molecule has 1 aromatic heterocycles. The minimum Gasteiger partial charge on any atom is -0.397 e. The number of benzene rings is 1. The lowest BCUT2D eigenvalue weighted by Crippen LogP contribution is -2.03. The number of halogens is 2. The van der Waals surface area contributed by atoms with Crippen LogP contribution in [0.1, 0.15) is 10.7 Å². The van der Waals surface area contributed by atoms with E-state index in [1.54, 1.807) is 11.3 Å². The van der Waals surface area contributed by atoms with Gasteiger partial charge in [-0.25, -0.2) is 9.37 Å². The molecule has 0 spiro atoms. The largest absolute Gasteiger partial charge is 0.397 e. The van der Waals surface area contributed by atoms with E-state index in [4.69, 9.17) is 17.3 Å². The minimum atomic E-state index is -0.487. The van der Waals surface area contributed by atoms with Crippen molar-refractivity contribution in [3.63, 3.8) is 0 Å². The Kier molecular flexibility index (Phi) is 3.49. The number of nitrogens with zero attached hydrogens (tertiary/aromatic N) is 1. The first-order valence-electron chi connectivity index (χ1n) is 4.95. The minimum absolute atomic E-state index is 0.0261. The van der Waals surface area contributed by atoms with Gasteiger partial charge in [0, 0.05) is 17.1 Å². The normalized spacial score (nSPS) is 10.5. The highest BCUT2D eigenvalue weighted by Gasteiger charge is 2.06. The second-order valence-electron chi connectivity index (χ2n) is 3.59. The number of rotatable bonds is 3. The SMILES string of the molecule is Cc1csc(CNc2cc(F)c(Cl)cc2N)n1. The molecule has 0 atom stereocenters. The molecule has 2 rings (SSSR count). The van der Waals surface area contributed by atoms with Crippen molar-refractivity contribution in [2.24, 2.45) is 0 Å². The molecule has 1 aromatic carbocycles. The van der Waals surface area contributed by atoms with Crippen LogP contribution in [0.15, 0.2) is 17.5 Å². The second kappa shape index (κ2) is 4.89. The molecule has 0 bridgehead atoms. The molecule has 3 N–H and O–H groups in total. The summed E-state index contributed by atoms with van der Waals surface area (Å²) in [5, 5.41) is 5.95. The van der Waals surface area contributed by atoms with E-state index in [9.17, 15) is 4.39 Å². The lowest BCUT2D eigenvalue weighted by molar-refractivity contribution is 0.629. The number of hydrogen-bond donors (Lipinski definition) is 2. The van der Waals surface area contributed by atoms with Crippen molar-refractivity contribution in [1.29, 1.82) is 0 Å². The smallest absolute Gasteiger partial charge is 0.143 e. The lowest BCUT2D eigenvalue weighted by Gasteiger charge is -2.08.